The van der Waals surface area contributed by atoms with E-state index in [1.165, 1.54) is 0 Å². The molecule has 7 nitrogen and oxygen atoms in total. The Bertz CT molecular complexity index is 1170. The molecule has 0 bridgehead atoms. The number of aromatic nitrogens is 2. The fraction of sp³-hybridized carbons (Fsp3) is 0.217. The van der Waals surface area contributed by atoms with Gasteiger partial charge in [0.25, 0.3) is 11.8 Å². The molecule has 0 aliphatic carbocycles. The molecular formula is C23H21N5O2. The molecule has 2 aromatic heterocycles. The summed E-state index contributed by atoms with van der Waals surface area (Å²) in [6.45, 7) is 2.84. The zero-order chi connectivity index (χ0) is 21.1. The molecular weight excluding hydrogens is 378 g/mol. The van der Waals surface area contributed by atoms with E-state index in [0.29, 0.717) is 25.1 Å². The van der Waals surface area contributed by atoms with Crippen LogP contribution in [0.15, 0.2) is 60.4 Å². The first-order valence-electron chi connectivity index (χ1n) is 9.76. The SMILES string of the molecule is Cc1ccc(/C=C(\C#N)C(=O)N2CC[C@H](NC(=O)c3cnn4ccccc34)C2)cc1. The number of benzene rings is 1. The average molecular weight is 399 g/mol. The number of nitriles is 1. The molecule has 1 fully saturated rings. The first-order chi connectivity index (χ1) is 14.5. The second-order valence-electron chi connectivity index (χ2n) is 7.38. The molecule has 0 saturated carbocycles. The molecule has 30 heavy (non-hydrogen) atoms. The lowest BCUT2D eigenvalue weighted by atomic mass is 10.1. The summed E-state index contributed by atoms with van der Waals surface area (Å²) in [5.41, 5.74) is 3.24. The van der Waals surface area contributed by atoms with Crippen LogP contribution in [0, 0.1) is 18.3 Å². The number of hydrogen-bond donors (Lipinski definition) is 1. The van der Waals surface area contributed by atoms with Crippen molar-refractivity contribution in [2.45, 2.75) is 19.4 Å². The summed E-state index contributed by atoms with van der Waals surface area (Å²) in [4.78, 5) is 27.1. The molecule has 1 saturated heterocycles. The number of nitrogens with zero attached hydrogens (tertiary/aromatic N) is 4. The van der Waals surface area contributed by atoms with Crippen LogP contribution in [0.4, 0.5) is 0 Å². The van der Waals surface area contributed by atoms with Gasteiger partial charge < -0.3 is 10.2 Å². The van der Waals surface area contributed by atoms with Gasteiger partial charge in [0.15, 0.2) is 0 Å². The van der Waals surface area contributed by atoms with Gasteiger partial charge in [-0.05, 0) is 37.1 Å². The van der Waals surface area contributed by atoms with Crippen LogP contribution in [-0.2, 0) is 4.79 Å². The van der Waals surface area contributed by atoms with Crippen molar-refractivity contribution < 1.29 is 9.59 Å². The molecule has 7 heteroatoms. The van der Waals surface area contributed by atoms with Crippen molar-refractivity contribution in [1.82, 2.24) is 19.8 Å². The summed E-state index contributed by atoms with van der Waals surface area (Å²) >= 11 is 0. The molecule has 2 amide bonds. The van der Waals surface area contributed by atoms with Crippen LogP contribution >= 0.6 is 0 Å². The molecule has 1 aliphatic rings. The van der Waals surface area contributed by atoms with Crippen LogP contribution in [0.25, 0.3) is 11.6 Å². The highest BCUT2D eigenvalue weighted by atomic mass is 16.2. The number of hydrogen-bond acceptors (Lipinski definition) is 4. The minimum absolute atomic E-state index is 0.0912. The van der Waals surface area contributed by atoms with E-state index in [9.17, 15) is 14.9 Å². The smallest absolute Gasteiger partial charge is 0.264 e. The minimum Gasteiger partial charge on any atom is -0.347 e. The Hall–Kier alpha value is -3.92. The zero-order valence-electron chi connectivity index (χ0n) is 16.6. The van der Waals surface area contributed by atoms with Gasteiger partial charge in [0.1, 0.15) is 11.6 Å². The van der Waals surface area contributed by atoms with E-state index in [0.717, 1.165) is 16.6 Å². The summed E-state index contributed by atoms with van der Waals surface area (Å²) in [6, 6.07) is 15.0. The van der Waals surface area contributed by atoms with Gasteiger partial charge in [0.05, 0.1) is 17.3 Å². The Morgan fingerprint density at radius 2 is 2.03 bits per heavy atom. The highest BCUT2D eigenvalue weighted by molar-refractivity contribution is 6.02. The van der Waals surface area contributed by atoms with Crippen LogP contribution in [0.5, 0.6) is 0 Å². The second-order valence-corrected chi connectivity index (χ2v) is 7.38. The maximum Gasteiger partial charge on any atom is 0.264 e. The maximum absolute atomic E-state index is 12.8. The van der Waals surface area contributed by atoms with Crippen molar-refractivity contribution in [2.75, 3.05) is 13.1 Å². The largest absolute Gasteiger partial charge is 0.347 e. The van der Waals surface area contributed by atoms with E-state index < -0.39 is 0 Å². The molecule has 0 spiro atoms. The highest BCUT2D eigenvalue weighted by Gasteiger charge is 2.29. The molecule has 1 aromatic carbocycles. The lowest BCUT2D eigenvalue weighted by molar-refractivity contribution is -0.125. The fourth-order valence-electron chi connectivity index (χ4n) is 3.58. The Morgan fingerprint density at radius 1 is 1.23 bits per heavy atom. The first kappa shape index (κ1) is 19.4. The monoisotopic (exact) mass is 399 g/mol. The summed E-state index contributed by atoms with van der Waals surface area (Å²) in [7, 11) is 0. The number of nitrogens with one attached hydrogen (secondary N) is 1. The molecule has 0 unspecified atom stereocenters. The molecule has 0 radical (unpaired) electrons. The van der Waals surface area contributed by atoms with E-state index in [-0.39, 0.29) is 23.4 Å². The number of amides is 2. The van der Waals surface area contributed by atoms with Crippen molar-refractivity contribution >= 4 is 23.4 Å². The number of carbonyl (C=O) groups is 2. The molecule has 1 atom stereocenters. The van der Waals surface area contributed by atoms with E-state index in [1.807, 2.05) is 55.5 Å². The van der Waals surface area contributed by atoms with E-state index in [4.69, 9.17) is 0 Å². The predicted molar refractivity (Wildman–Crippen MR) is 112 cm³/mol. The van der Waals surface area contributed by atoms with E-state index in [1.54, 1.807) is 27.9 Å². The van der Waals surface area contributed by atoms with Crippen LogP contribution in [-0.4, -0.2) is 45.5 Å². The van der Waals surface area contributed by atoms with Crippen molar-refractivity contribution in [3.8, 4) is 6.07 Å². The standard InChI is InChI=1S/C23H21N5O2/c1-16-5-7-17(8-6-16)12-18(13-24)23(30)27-11-9-19(15-27)26-22(29)20-14-25-28-10-3-2-4-21(20)28/h2-8,10,12,14,19H,9,11,15H2,1H3,(H,26,29)/b18-12+/t19-/m0/s1. The highest BCUT2D eigenvalue weighted by Crippen LogP contribution is 2.17. The van der Waals surface area contributed by atoms with Gasteiger partial charge in [0.2, 0.25) is 0 Å². The van der Waals surface area contributed by atoms with Crippen LogP contribution in [0.2, 0.25) is 0 Å². The van der Waals surface area contributed by atoms with Crippen molar-refractivity contribution in [3.63, 3.8) is 0 Å². The summed E-state index contributed by atoms with van der Waals surface area (Å²) in [5.74, 6) is -0.531. The first-order valence-corrected chi connectivity index (χ1v) is 9.76. The number of fused-ring (bicyclic) bond motifs is 1. The third-order valence-electron chi connectivity index (χ3n) is 5.22. The van der Waals surface area contributed by atoms with Crippen molar-refractivity contribution in [3.05, 3.63) is 77.1 Å². The molecule has 4 rings (SSSR count). The molecule has 1 N–H and O–H groups in total. The second kappa shape index (κ2) is 8.21. The molecule has 3 heterocycles. The molecule has 150 valence electrons. The van der Waals surface area contributed by atoms with Gasteiger partial charge in [-0.15, -0.1) is 0 Å². The normalized spacial score (nSPS) is 16.5. The van der Waals surface area contributed by atoms with E-state index in [2.05, 4.69) is 10.4 Å². The van der Waals surface area contributed by atoms with Crippen molar-refractivity contribution in [1.29, 1.82) is 5.26 Å². The lowest BCUT2D eigenvalue weighted by Crippen LogP contribution is -2.38. The number of rotatable bonds is 4. The third-order valence-corrected chi connectivity index (χ3v) is 5.22. The molecule has 3 aromatic rings. The van der Waals surface area contributed by atoms with Crippen LogP contribution < -0.4 is 5.32 Å². The summed E-state index contributed by atoms with van der Waals surface area (Å²) in [5, 5.41) is 16.6. The fourth-order valence-corrected chi connectivity index (χ4v) is 3.58. The van der Waals surface area contributed by atoms with Gasteiger partial charge >= 0.3 is 0 Å². The van der Waals surface area contributed by atoms with Gasteiger partial charge in [-0.2, -0.15) is 10.4 Å². The number of aryl methyl sites for hydroxylation is 1. The quantitative estimate of drug-likeness (QED) is 0.539. The Balaban J connectivity index is 1.42. The van der Waals surface area contributed by atoms with Crippen LogP contribution in [0.1, 0.15) is 27.9 Å². The maximum atomic E-state index is 12.8. The number of carbonyl (C=O) groups excluding carboxylic acids is 2. The Kier molecular flexibility index (Phi) is 5.31. The molecule has 1 aliphatic heterocycles. The third kappa shape index (κ3) is 3.94. The van der Waals surface area contributed by atoms with Gasteiger partial charge in [-0.25, -0.2) is 4.52 Å². The number of pyridine rings is 1. The van der Waals surface area contributed by atoms with Crippen LogP contribution in [0.3, 0.4) is 0 Å². The topological polar surface area (TPSA) is 90.5 Å². The van der Waals surface area contributed by atoms with Crippen molar-refractivity contribution in [2.24, 2.45) is 0 Å². The average Bonchev–Trinajstić information content (AvgIpc) is 3.40. The summed E-state index contributed by atoms with van der Waals surface area (Å²) in [6.07, 6.45) is 5.57. The Labute approximate surface area is 174 Å². The lowest BCUT2D eigenvalue weighted by Gasteiger charge is -2.16. The summed E-state index contributed by atoms with van der Waals surface area (Å²) < 4.78 is 1.65. The van der Waals surface area contributed by atoms with E-state index >= 15 is 0 Å². The van der Waals surface area contributed by atoms with Gasteiger partial charge in [-0.1, -0.05) is 35.9 Å². The predicted octanol–water partition coefficient (Wildman–Crippen LogP) is 2.58. The number of likely N-dealkylation sites (tertiary alicyclic amines) is 1. The minimum atomic E-state index is -0.314. The zero-order valence-corrected chi connectivity index (χ0v) is 16.6. The van der Waals surface area contributed by atoms with Gasteiger partial charge in [0, 0.05) is 25.3 Å². The van der Waals surface area contributed by atoms with Gasteiger partial charge in [-0.3, -0.25) is 9.59 Å². The Morgan fingerprint density at radius 3 is 2.80 bits per heavy atom.